The molecule has 2 N–H and O–H groups in total. The standard InChI is InChI=1S/C13H14FNO/c1-9-12(5-6-16-9)13(15)8-10-3-2-4-11(14)7-10/h2-7,13H,8,15H2,1H3. The zero-order valence-corrected chi connectivity index (χ0v) is 9.11. The fraction of sp³-hybridized carbons (Fsp3) is 0.231. The van der Waals surface area contributed by atoms with Crippen LogP contribution in [-0.2, 0) is 6.42 Å². The molecule has 16 heavy (non-hydrogen) atoms. The van der Waals surface area contributed by atoms with Crippen molar-refractivity contribution < 1.29 is 8.81 Å². The number of nitrogens with two attached hydrogens (primary N) is 1. The third-order valence-corrected chi connectivity index (χ3v) is 2.64. The minimum atomic E-state index is -0.228. The summed E-state index contributed by atoms with van der Waals surface area (Å²) in [5, 5.41) is 0. The number of hydrogen-bond donors (Lipinski definition) is 1. The van der Waals surface area contributed by atoms with Crippen molar-refractivity contribution in [2.24, 2.45) is 5.73 Å². The number of benzene rings is 1. The smallest absolute Gasteiger partial charge is 0.123 e. The molecule has 0 fully saturated rings. The summed E-state index contributed by atoms with van der Waals surface area (Å²) in [6, 6.07) is 8.21. The Hall–Kier alpha value is -1.61. The summed E-state index contributed by atoms with van der Waals surface area (Å²) in [6.07, 6.45) is 2.23. The molecule has 3 heteroatoms. The molecule has 0 aliphatic rings. The molecule has 0 aliphatic heterocycles. The molecule has 0 bridgehead atoms. The van der Waals surface area contributed by atoms with Crippen molar-refractivity contribution in [2.45, 2.75) is 19.4 Å². The molecule has 1 aromatic heterocycles. The van der Waals surface area contributed by atoms with E-state index < -0.39 is 0 Å². The summed E-state index contributed by atoms with van der Waals surface area (Å²) in [6.45, 7) is 1.88. The van der Waals surface area contributed by atoms with Gasteiger partial charge >= 0.3 is 0 Å². The van der Waals surface area contributed by atoms with E-state index in [2.05, 4.69) is 0 Å². The van der Waals surface area contributed by atoms with E-state index in [0.717, 1.165) is 16.9 Å². The molecular weight excluding hydrogens is 205 g/mol. The largest absolute Gasteiger partial charge is 0.469 e. The summed E-state index contributed by atoms with van der Waals surface area (Å²) in [7, 11) is 0. The average Bonchev–Trinajstić information content (AvgIpc) is 2.64. The normalized spacial score (nSPS) is 12.7. The highest BCUT2D eigenvalue weighted by molar-refractivity contribution is 5.24. The quantitative estimate of drug-likeness (QED) is 0.861. The van der Waals surface area contributed by atoms with Crippen LogP contribution in [0.1, 0.15) is 22.9 Å². The van der Waals surface area contributed by atoms with E-state index in [4.69, 9.17) is 10.2 Å². The molecule has 0 spiro atoms. The molecule has 1 atom stereocenters. The van der Waals surface area contributed by atoms with Gasteiger partial charge < -0.3 is 10.2 Å². The number of halogens is 1. The average molecular weight is 219 g/mol. The Labute approximate surface area is 93.9 Å². The van der Waals surface area contributed by atoms with Crippen molar-refractivity contribution >= 4 is 0 Å². The summed E-state index contributed by atoms with van der Waals surface area (Å²) >= 11 is 0. The Morgan fingerprint density at radius 3 is 2.81 bits per heavy atom. The second-order valence-electron chi connectivity index (χ2n) is 3.87. The topological polar surface area (TPSA) is 39.2 Å². The molecule has 1 aromatic carbocycles. The highest BCUT2D eigenvalue weighted by Gasteiger charge is 2.12. The van der Waals surface area contributed by atoms with Crippen LogP contribution in [0.5, 0.6) is 0 Å². The lowest BCUT2D eigenvalue weighted by atomic mass is 10.0. The van der Waals surface area contributed by atoms with E-state index in [1.165, 1.54) is 12.1 Å². The fourth-order valence-corrected chi connectivity index (χ4v) is 1.81. The Morgan fingerprint density at radius 2 is 2.19 bits per heavy atom. The number of rotatable bonds is 3. The minimum Gasteiger partial charge on any atom is -0.469 e. The lowest BCUT2D eigenvalue weighted by Crippen LogP contribution is -2.13. The maximum absolute atomic E-state index is 13.0. The Bertz CT molecular complexity index is 478. The van der Waals surface area contributed by atoms with Crippen LogP contribution in [0.15, 0.2) is 41.0 Å². The highest BCUT2D eigenvalue weighted by Crippen LogP contribution is 2.20. The van der Waals surface area contributed by atoms with Gasteiger partial charge in [-0.2, -0.15) is 0 Å². The van der Waals surface area contributed by atoms with E-state index in [1.54, 1.807) is 12.3 Å². The molecule has 2 aromatic rings. The van der Waals surface area contributed by atoms with Crippen molar-refractivity contribution in [1.29, 1.82) is 0 Å². The van der Waals surface area contributed by atoms with Gasteiger partial charge in [-0.3, -0.25) is 0 Å². The number of hydrogen-bond acceptors (Lipinski definition) is 2. The van der Waals surface area contributed by atoms with Gasteiger partial charge in [-0.1, -0.05) is 12.1 Å². The van der Waals surface area contributed by atoms with E-state index in [9.17, 15) is 4.39 Å². The summed E-state index contributed by atoms with van der Waals surface area (Å²) in [5.41, 5.74) is 7.91. The SMILES string of the molecule is Cc1occc1C(N)Cc1cccc(F)c1. The van der Waals surface area contributed by atoms with Crippen LogP contribution in [0, 0.1) is 12.7 Å². The third-order valence-electron chi connectivity index (χ3n) is 2.64. The second-order valence-corrected chi connectivity index (χ2v) is 3.87. The first-order chi connectivity index (χ1) is 7.66. The van der Waals surface area contributed by atoms with Crippen molar-refractivity contribution in [3.05, 3.63) is 59.3 Å². The van der Waals surface area contributed by atoms with Crippen LogP contribution in [0.2, 0.25) is 0 Å². The maximum Gasteiger partial charge on any atom is 0.123 e. The molecule has 84 valence electrons. The van der Waals surface area contributed by atoms with Crippen LogP contribution in [-0.4, -0.2) is 0 Å². The van der Waals surface area contributed by atoms with Gasteiger partial charge in [0.2, 0.25) is 0 Å². The zero-order valence-electron chi connectivity index (χ0n) is 9.11. The maximum atomic E-state index is 13.0. The first-order valence-corrected chi connectivity index (χ1v) is 5.21. The first kappa shape index (κ1) is 10.9. The minimum absolute atomic E-state index is 0.152. The molecule has 0 radical (unpaired) electrons. The van der Waals surface area contributed by atoms with Gasteiger partial charge in [0.1, 0.15) is 11.6 Å². The molecule has 2 rings (SSSR count). The van der Waals surface area contributed by atoms with E-state index in [1.807, 2.05) is 19.1 Å². The highest BCUT2D eigenvalue weighted by atomic mass is 19.1. The van der Waals surface area contributed by atoms with Crippen LogP contribution in [0.3, 0.4) is 0 Å². The second kappa shape index (κ2) is 4.49. The molecule has 0 amide bonds. The summed E-state index contributed by atoms with van der Waals surface area (Å²) < 4.78 is 18.2. The monoisotopic (exact) mass is 219 g/mol. The molecule has 0 aliphatic carbocycles. The molecule has 0 saturated carbocycles. The van der Waals surface area contributed by atoms with Crippen LogP contribution in [0.25, 0.3) is 0 Å². The van der Waals surface area contributed by atoms with E-state index in [-0.39, 0.29) is 11.9 Å². The fourth-order valence-electron chi connectivity index (χ4n) is 1.81. The predicted molar refractivity (Wildman–Crippen MR) is 60.5 cm³/mol. The number of furan rings is 1. The Balaban J connectivity index is 2.14. The van der Waals surface area contributed by atoms with Crippen molar-refractivity contribution in [3.63, 3.8) is 0 Å². The molecule has 0 saturated heterocycles. The Kier molecular flexibility index (Phi) is 3.06. The van der Waals surface area contributed by atoms with Gasteiger partial charge in [0.25, 0.3) is 0 Å². The molecule has 1 heterocycles. The van der Waals surface area contributed by atoms with Gasteiger partial charge in [-0.25, -0.2) is 4.39 Å². The van der Waals surface area contributed by atoms with E-state index in [0.29, 0.717) is 6.42 Å². The van der Waals surface area contributed by atoms with Gasteiger partial charge in [-0.15, -0.1) is 0 Å². The first-order valence-electron chi connectivity index (χ1n) is 5.21. The molecule has 1 unspecified atom stereocenters. The van der Waals surface area contributed by atoms with Crippen molar-refractivity contribution in [1.82, 2.24) is 0 Å². The van der Waals surface area contributed by atoms with Gasteiger partial charge in [0, 0.05) is 11.6 Å². The van der Waals surface area contributed by atoms with Crippen molar-refractivity contribution in [2.75, 3.05) is 0 Å². The lowest BCUT2D eigenvalue weighted by molar-refractivity contribution is 0.523. The summed E-state index contributed by atoms with van der Waals surface area (Å²) in [5.74, 6) is 0.595. The van der Waals surface area contributed by atoms with Gasteiger partial charge in [0.05, 0.1) is 6.26 Å². The van der Waals surface area contributed by atoms with Crippen LogP contribution in [0.4, 0.5) is 4.39 Å². The third kappa shape index (κ3) is 2.31. The van der Waals surface area contributed by atoms with Crippen molar-refractivity contribution in [3.8, 4) is 0 Å². The van der Waals surface area contributed by atoms with E-state index >= 15 is 0 Å². The number of aryl methyl sites for hydroxylation is 1. The predicted octanol–water partition coefficient (Wildman–Crippen LogP) is 2.97. The van der Waals surface area contributed by atoms with Gasteiger partial charge in [0.15, 0.2) is 0 Å². The lowest BCUT2D eigenvalue weighted by Gasteiger charge is -2.10. The summed E-state index contributed by atoms with van der Waals surface area (Å²) in [4.78, 5) is 0. The van der Waals surface area contributed by atoms with Gasteiger partial charge in [-0.05, 0) is 37.1 Å². The van der Waals surface area contributed by atoms with Crippen LogP contribution < -0.4 is 5.73 Å². The van der Waals surface area contributed by atoms with Crippen LogP contribution >= 0.6 is 0 Å². The zero-order chi connectivity index (χ0) is 11.5. The Morgan fingerprint density at radius 1 is 1.38 bits per heavy atom. The molecule has 2 nitrogen and oxygen atoms in total. The molecular formula is C13H14FNO.